The molecule has 0 fully saturated rings. The van der Waals surface area contributed by atoms with E-state index in [-0.39, 0.29) is 5.82 Å². The third-order valence-electron chi connectivity index (χ3n) is 2.43. The van der Waals surface area contributed by atoms with E-state index in [1.807, 2.05) is 0 Å². The number of hydrogen-bond acceptors (Lipinski definition) is 3. The number of nitrogens with two attached hydrogens (primary N) is 1. The molecular weight excluding hydrogens is 247 g/mol. The Bertz CT molecular complexity index is 430. The summed E-state index contributed by atoms with van der Waals surface area (Å²) in [5.41, 5.74) is 5.33. The molecule has 106 valence electrons. The molecule has 1 aromatic rings. The predicted molar refractivity (Wildman–Crippen MR) is 72.2 cm³/mol. The van der Waals surface area contributed by atoms with Gasteiger partial charge < -0.3 is 15.8 Å². The van der Waals surface area contributed by atoms with Crippen LogP contribution in [-0.4, -0.2) is 18.2 Å². The van der Waals surface area contributed by atoms with E-state index in [1.54, 1.807) is 39.0 Å². The molecule has 0 heterocycles. The summed E-state index contributed by atoms with van der Waals surface area (Å²) < 4.78 is 18.9. The second kappa shape index (κ2) is 6.52. The third kappa shape index (κ3) is 5.26. The first-order valence-electron chi connectivity index (χ1n) is 6.27. The molecule has 1 amide bonds. The van der Waals surface area contributed by atoms with Crippen LogP contribution in [0.2, 0.25) is 0 Å². The first-order chi connectivity index (χ1) is 8.83. The van der Waals surface area contributed by atoms with Crippen molar-refractivity contribution < 1.29 is 13.9 Å². The van der Waals surface area contributed by atoms with E-state index in [4.69, 9.17) is 10.5 Å². The van der Waals surface area contributed by atoms with Gasteiger partial charge in [0.25, 0.3) is 0 Å². The summed E-state index contributed by atoms with van der Waals surface area (Å²) in [5.74, 6) is -0.364. The minimum Gasteiger partial charge on any atom is -0.444 e. The van der Waals surface area contributed by atoms with Crippen molar-refractivity contribution in [1.82, 2.24) is 5.32 Å². The van der Waals surface area contributed by atoms with Gasteiger partial charge in [-0.15, -0.1) is 0 Å². The number of carbonyl (C=O) groups excluding carboxylic acids is 1. The molecule has 0 aliphatic rings. The van der Waals surface area contributed by atoms with E-state index in [0.717, 1.165) is 0 Å². The molecule has 0 aromatic heterocycles. The normalized spacial score (nSPS) is 12.9. The Morgan fingerprint density at radius 1 is 1.42 bits per heavy atom. The first-order valence-corrected chi connectivity index (χ1v) is 6.27. The van der Waals surface area contributed by atoms with Crippen LogP contribution in [0.4, 0.5) is 9.18 Å². The standard InChI is InChI=1S/C14H21FN2O2/c1-14(2,3)19-13(18)17-12(8-9-16)10-6-4-5-7-11(10)15/h4-7,12H,8-9,16H2,1-3H3,(H,17,18). The van der Waals surface area contributed by atoms with E-state index in [0.29, 0.717) is 18.5 Å². The average molecular weight is 268 g/mol. The maximum absolute atomic E-state index is 13.7. The van der Waals surface area contributed by atoms with Gasteiger partial charge in [-0.05, 0) is 39.8 Å². The lowest BCUT2D eigenvalue weighted by molar-refractivity contribution is 0.0501. The average Bonchev–Trinajstić information content (AvgIpc) is 2.26. The van der Waals surface area contributed by atoms with Crippen molar-refractivity contribution >= 4 is 6.09 Å². The van der Waals surface area contributed by atoms with Crippen molar-refractivity contribution in [1.29, 1.82) is 0 Å². The lowest BCUT2D eigenvalue weighted by Crippen LogP contribution is -2.36. The number of carbonyl (C=O) groups is 1. The number of halogens is 1. The summed E-state index contributed by atoms with van der Waals surface area (Å²) in [5, 5.41) is 2.65. The highest BCUT2D eigenvalue weighted by molar-refractivity contribution is 5.68. The number of benzene rings is 1. The van der Waals surface area contributed by atoms with Gasteiger partial charge in [-0.1, -0.05) is 18.2 Å². The van der Waals surface area contributed by atoms with Gasteiger partial charge in [0.15, 0.2) is 0 Å². The minimum atomic E-state index is -0.591. The van der Waals surface area contributed by atoms with Gasteiger partial charge in [0.2, 0.25) is 0 Å². The first kappa shape index (κ1) is 15.4. The third-order valence-corrected chi connectivity index (χ3v) is 2.43. The van der Waals surface area contributed by atoms with Gasteiger partial charge >= 0.3 is 6.09 Å². The molecule has 0 saturated carbocycles. The van der Waals surface area contributed by atoms with Crippen molar-refractivity contribution in [2.24, 2.45) is 5.73 Å². The highest BCUT2D eigenvalue weighted by atomic mass is 19.1. The van der Waals surface area contributed by atoms with Crippen LogP contribution < -0.4 is 11.1 Å². The van der Waals surface area contributed by atoms with Crippen LogP contribution >= 0.6 is 0 Å². The SMILES string of the molecule is CC(C)(C)OC(=O)NC(CCN)c1ccccc1F. The highest BCUT2D eigenvalue weighted by Gasteiger charge is 2.21. The number of amides is 1. The van der Waals surface area contributed by atoms with Gasteiger partial charge in [-0.3, -0.25) is 0 Å². The molecule has 1 unspecified atom stereocenters. The molecule has 3 N–H and O–H groups in total. The lowest BCUT2D eigenvalue weighted by Gasteiger charge is -2.24. The van der Waals surface area contributed by atoms with Gasteiger partial charge in [0, 0.05) is 5.56 Å². The Morgan fingerprint density at radius 2 is 2.05 bits per heavy atom. The smallest absolute Gasteiger partial charge is 0.408 e. The van der Waals surface area contributed by atoms with Crippen molar-refractivity contribution in [3.05, 3.63) is 35.6 Å². The van der Waals surface area contributed by atoms with Gasteiger partial charge in [0.05, 0.1) is 6.04 Å². The molecule has 0 radical (unpaired) electrons. The van der Waals surface area contributed by atoms with Crippen LogP contribution in [0.1, 0.15) is 38.8 Å². The molecular formula is C14H21FN2O2. The molecule has 0 saturated heterocycles. The summed E-state index contributed by atoms with van der Waals surface area (Å²) in [6, 6.07) is 5.83. The summed E-state index contributed by atoms with van der Waals surface area (Å²) in [7, 11) is 0. The van der Waals surface area contributed by atoms with Crippen LogP contribution in [0.25, 0.3) is 0 Å². The largest absolute Gasteiger partial charge is 0.444 e. The topological polar surface area (TPSA) is 64.3 Å². The molecule has 0 spiro atoms. The van der Waals surface area contributed by atoms with Crippen LogP contribution in [0.15, 0.2) is 24.3 Å². The zero-order chi connectivity index (χ0) is 14.5. The molecule has 0 aliphatic heterocycles. The van der Waals surface area contributed by atoms with Crippen molar-refractivity contribution in [3.63, 3.8) is 0 Å². The molecule has 1 atom stereocenters. The Labute approximate surface area is 113 Å². The van der Waals surface area contributed by atoms with Gasteiger partial charge in [0.1, 0.15) is 11.4 Å². The lowest BCUT2D eigenvalue weighted by atomic mass is 10.0. The molecule has 0 bridgehead atoms. The van der Waals surface area contributed by atoms with Crippen molar-refractivity contribution in [2.75, 3.05) is 6.54 Å². The van der Waals surface area contributed by atoms with Gasteiger partial charge in [-0.2, -0.15) is 0 Å². The zero-order valence-electron chi connectivity index (χ0n) is 11.6. The second-order valence-electron chi connectivity index (χ2n) is 5.30. The van der Waals surface area contributed by atoms with E-state index >= 15 is 0 Å². The summed E-state index contributed by atoms with van der Waals surface area (Å²) in [4.78, 5) is 11.7. The van der Waals surface area contributed by atoms with E-state index in [9.17, 15) is 9.18 Å². The van der Waals surface area contributed by atoms with Crippen molar-refractivity contribution in [2.45, 2.75) is 38.8 Å². The molecule has 1 aromatic carbocycles. The van der Waals surface area contributed by atoms with E-state index in [2.05, 4.69) is 5.32 Å². The fourth-order valence-electron chi connectivity index (χ4n) is 1.68. The fourth-order valence-corrected chi connectivity index (χ4v) is 1.68. The predicted octanol–water partition coefficient (Wildman–Crippen LogP) is 2.74. The van der Waals surface area contributed by atoms with Crippen molar-refractivity contribution in [3.8, 4) is 0 Å². The van der Waals surface area contributed by atoms with Crippen LogP contribution in [0.5, 0.6) is 0 Å². The minimum absolute atomic E-state index is 0.342. The molecule has 4 nitrogen and oxygen atoms in total. The Morgan fingerprint density at radius 3 is 2.58 bits per heavy atom. The maximum Gasteiger partial charge on any atom is 0.408 e. The van der Waals surface area contributed by atoms with E-state index in [1.165, 1.54) is 6.07 Å². The maximum atomic E-state index is 13.7. The molecule has 0 aliphatic carbocycles. The monoisotopic (exact) mass is 268 g/mol. The molecule has 19 heavy (non-hydrogen) atoms. The van der Waals surface area contributed by atoms with Crippen LogP contribution in [0, 0.1) is 5.82 Å². The molecule has 1 rings (SSSR count). The summed E-state index contributed by atoms with van der Waals surface area (Å²) in [6.07, 6.45) is -0.130. The van der Waals surface area contributed by atoms with Crippen LogP contribution in [0.3, 0.4) is 0 Å². The second-order valence-corrected chi connectivity index (χ2v) is 5.30. The summed E-state index contributed by atoms with van der Waals surface area (Å²) in [6.45, 7) is 5.66. The van der Waals surface area contributed by atoms with Gasteiger partial charge in [-0.25, -0.2) is 9.18 Å². The number of rotatable bonds is 4. The highest BCUT2D eigenvalue weighted by Crippen LogP contribution is 2.20. The quantitative estimate of drug-likeness (QED) is 0.882. The molecule has 5 heteroatoms. The van der Waals surface area contributed by atoms with Crippen LogP contribution in [-0.2, 0) is 4.74 Å². The number of nitrogens with one attached hydrogen (secondary N) is 1. The number of ether oxygens (including phenoxy) is 1. The number of hydrogen-bond donors (Lipinski definition) is 2. The fraction of sp³-hybridized carbons (Fsp3) is 0.500. The number of alkyl carbamates (subject to hydrolysis) is 1. The zero-order valence-corrected chi connectivity index (χ0v) is 11.6. The van der Waals surface area contributed by atoms with E-state index < -0.39 is 17.7 Å². The Hall–Kier alpha value is -1.62. The Kier molecular flexibility index (Phi) is 5.30. The Balaban J connectivity index is 2.79. The summed E-state index contributed by atoms with van der Waals surface area (Å²) >= 11 is 0.